The lowest BCUT2D eigenvalue weighted by atomic mass is 10.1. The van der Waals surface area contributed by atoms with Crippen molar-refractivity contribution in [2.45, 2.75) is 13.3 Å². The van der Waals surface area contributed by atoms with Crippen LogP contribution in [0, 0.1) is 6.92 Å². The molecule has 1 aromatic rings. The molecule has 1 amide bonds. The van der Waals surface area contributed by atoms with Gasteiger partial charge >= 0.3 is 0 Å². The Morgan fingerprint density at radius 3 is 2.60 bits per heavy atom. The number of nitrogens with two attached hydrogens (primary N) is 1. The Labute approximate surface area is 120 Å². The summed E-state index contributed by atoms with van der Waals surface area (Å²) in [7, 11) is 0. The van der Waals surface area contributed by atoms with E-state index < -0.39 is 0 Å². The predicted molar refractivity (Wildman–Crippen MR) is 78.9 cm³/mol. The summed E-state index contributed by atoms with van der Waals surface area (Å²) in [4.78, 5) is 16.6. The smallest absolute Gasteiger partial charge is 0.253 e. The van der Waals surface area contributed by atoms with Crippen LogP contribution in [0.1, 0.15) is 22.3 Å². The molecule has 2 rings (SSSR count). The molecule has 1 aliphatic rings. The molecule has 5 nitrogen and oxygen atoms in total. The second-order valence-electron chi connectivity index (χ2n) is 5.28. The summed E-state index contributed by atoms with van der Waals surface area (Å²) in [6.07, 6.45) is 1.01. The number of nitrogens with zero attached hydrogens (tertiary/aromatic N) is 2. The molecule has 0 saturated carbocycles. The monoisotopic (exact) mass is 277 g/mol. The van der Waals surface area contributed by atoms with Gasteiger partial charge in [0.2, 0.25) is 0 Å². The van der Waals surface area contributed by atoms with E-state index in [4.69, 9.17) is 5.73 Å². The van der Waals surface area contributed by atoms with Crippen molar-refractivity contribution in [3.63, 3.8) is 0 Å². The number of carbonyl (C=O) groups excluding carboxylic acids is 1. The molecule has 1 heterocycles. The van der Waals surface area contributed by atoms with Gasteiger partial charge in [0, 0.05) is 31.7 Å². The van der Waals surface area contributed by atoms with Gasteiger partial charge in [0.05, 0.1) is 0 Å². The maximum absolute atomic E-state index is 12.4. The van der Waals surface area contributed by atoms with Gasteiger partial charge in [-0.1, -0.05) is 0 Å². The van der Waals surface area contributed by atoms with Crippen molar-refractivity contribution in [3.8, 4) is 5.75 Å². The predicted octanol–water partition coefficient (Wildman–Crippen LogP) is 0.807. The second kappa shape index (κ2) is 6.72. The highest BCUT2D eigenvalue weighted by atomic mass is 16.3. The average Bonchev–Trinajstić information content (AvgIpc) is 2.48. The summed E-state index contributed by atoms with van der Waals surface area (Å²) in [6.45, 7) is 6.85. The molecule has 5 heteroatoms. The standard InChI is InChI=1S/C15H23N3O2/c1-12-11-13(3-4-14(12)19)15(20)18-9-7-17(8-10-18)6-2-5-16/h3-4,11,19H,2,5-10,16H2,1H3. The molecule has 1 aromatic carbocycles. The summed E-state index contributed by atoms with van der Waals surface area (Å²) < 4.78 is 0. The third-order valence-electron chi connectivity index (χ3n) is 3.78. The number of carbonyl (C=O) groups is 1. The van der Waals surface area contributed by atoms with Crippen LogP contribution >= 0.6 is 0 Å². The third-order valence-corrected chi connectivity index (χ3v) is 3.78. The van der Waals surface area contributed by atoms with Gasteiger partial charge in [-0.15, -0.1) is 0 Å². The van der Waals surface area contributed by atoms with Crippen LogP contribution in [0.25, 0.3) is 0 Å². The average molecular weight is 277 g/mol. The van der Waals surface area contributed by atoms with E-state index in [1.54, 1.807) is 25.1 Å². The topological polar surface area (TPSA) is 69.8 Å². The van der Waals surface area contributed by atoms with E-state index >= 15 is 0 Å². The van der Waals surface area contributed by atoms with Gasteiger partial charge in [-0.3, -0.25) is 9.69 Å². The normalized spacial score (nSPS) is 16.4. The number of phenolic OH excluding ortho intramolecular Hbond substituents is 1. The highest BCUT2D eigenvalue weighted by Crippen LogP contribution is 2.18. The van der Waals surface area contributed by atoms with Crippen LogP contribution in [0.4, 0.5) is 0 Å². The van der Waals surface area contributed by atoms with Gasteiger partial charge < -0.3 is 15.7 Å². The molecule has 110 valence electrons. The molecule has 0 aromatic heterocycles. The van der Waals surface area contributed by atoms with E-state index in [-0.39, 0.29) is 11.7 Å². The molecule has 0 spiro atoms. The molecular formula is C15H23N3O2. The Bertz CT molecular complexity index is 468. The van der Waals surface area contributed by atoms with E-state index in [2.05, 4.69) is 4.90 Å². The molecule has 0 bridgehead atoms. The van der Waals surface area contributed by atoms with Gasteiger partial charge in [-0.2, -0.15) is 0 Å². The quantitative estimate of drug-likeness (QED) is 0.854. The van der Waals surface area contributed by atoms with Crippen LogP contribution in [0.2, 0.25) is 0 Å². The fourth-order valence-electron chi connectivity index (χ4n) is 2.46. The summed E-state index contributed by atoms with van der Waals surface area (Å²) in [5, 5.41) is 9.51. The third kappa shape index (κ3) is 3.49. The summed E-state index contributed by atoms with van der Waals surface area (Å²) in [5.41, 5.74) is 6.89. The largest absolute Gasteiger partial charge is 0.508 e. The molecule has 0 radical (unpaired) electrons. The minimum atomic E-state index is 0.0478. The van der Waals surface area contributed by atoms with Crippen LogP contribution < -0.4 is 5.73 Å². The number of hydrogen-bond acceptors (Lipinski definition) is 4. The van der Waals surface area contributed by atoms with Crippen molar-refractivity contribution >= 4 is 5.91 Å². The minimum Gasteiger partial charge on any atom is -0.508 e. The molecular weight excluding hydrogens is 254 g/mol. The molecule has 3 N–H and O–H groups in total. The summed E-state index contributed by atoms with van der Waals surface area (Å²) >= 11 is 0. The fraction of sp³-hybridized carbons (Fsp3) is 0.533. The van der Waals surface area contributed by atoms with E-state index in [1.165, 1.54) is 0 Å². The van der Waals surface area contributed by atoms with Crippen LogP contribution in [0.5, 0.6) is 5.75 Å². The van der Waals surface area contributed by atoms with Gasteiger partial charge in [-0.25, -0.2) is 0 Å². The first kappa shape index (κ1) is 14.8. The van der Waals surface area contributed by atoms with Gasteiger partial charge in [0.15, 0.2) is 0 Å². The number of amides is 1. The fourth-order valence-corrected chi connectivity index (χ4v) is 2.46. The van der Waals surface area contributed by atoms with Gasteiger partial charge in [0.1, 0.15) is 5.75 Å². The number of piperazine rings is 1. The van der Waals surface area contributed by atoms with E-state index in [0.717, 1.165) is 44.7 Å². The van der Waals surface area contributed by atoms with Crippen molar-refractivity contribution in [1.82, 2.24) is 9.80 Å². The van der Waals surface area contributed by atoms with Gasteiger partial charge in [-0.05, 0) is 50.2 Å². The minimum absolute atomic E-state index is 0.0478. The summed E-state index contributed by atoms with van der Waals surface area (Å²) in [5.74, 6) is 0.278. The Kier molecular flexibility index (Phi) is 4.98. The zero-order chi connectivity index (χ0) is 14.5. The number of benzene rings is 1. The summed E-state index contributed by atoms with van der Waals surface area (Å²) in [6, 6.07) is 5.02. The number of aryl methyl sites for hydroxylation is 1. The Morgan fingerprint density at radius 1 is 1.30 bits per heavy atom. The van der Waals surface area contributed by atoms with Crippen LogP contribution in [-0.2, 0) is 0 Å². The number of hydrogen-bond donors (Lipinski definition) is 2. The zero-order valence-electron chi connectivity index (χ0n) is 12.0. The SMILES string of the molecule is Cc1cc(C(=O)N2CCN(CCCN)CC2)ccc1O. The maximum atomic E-state index is 12.4. The number of rotatable bonds is 4. The second-order valence-corrected chi connectivity index (χ2v) is 5.28. The van der Waals surface area contributed by atoms with Crippen LogP contribution in [0.15, 0.2) is 18.2 Å². The molecule has 1 aliphatic heterocycles. The molecule has 1 saturated heterocycles. The number of aromatic hydroxyl groups is 1. The molecule has 20 heavy (non-hydrogen) atoms. The van der Waals surface area contributed by atoms with Crippen LogP contribution in [-0.4, -0.2) is 60.1 Å². The number of phenols is 1. The molecule has 0 unspecified atom stereocenters. The van der Waals surface area contributed by atoms with E-state index in [1.807, 2.05) is 4.90 Å². The van der Waals surface area contributed by atoms with Crippen molar-refractivity contribution in [1.29, 1.82) is 0 Å². The molecule has 0 atom stereocenters. The Morgan fingerprint density at radius 2 is 2.00 bits per heavy atom. The lowest BCUT2D eigenvalue weighted by Gasteiger charge is -2.34. The maximum Gasteiger partial charge on any atom is 0.253 e. The highest BCUT2D eigenvalue weighted by molar-refractivity contribution is 5.94. The zero-order valence-corrected chi connectivity index (χ0v) is 12.0. The van der Waals surface area contributed by atoms with Crippen molar-refractivity contribution in [3.05, 3.63) is 29.3 Å². The lowest BCUT2D eigenvalue weighted by Crippen LogP contribution is -2.49. The first-order valence-electron chi connectivity index (χ1n) is 7.13. The Balaban J connectivity index is 1.92. The van der Waals surface area contributed by atoms with Gasteiger partial charge in [0.25, 0.3) is 5.91 Å². The first-order chi connectivity index (χ1) is 9.61. The first-order valence-corrected chi connectivity index (χ1v) is 7.13. The van der Waals surface area contributed by atoms with Crippen molar-refractivity contribution < 1.29 is 9.90 Å². The highest BCUT2D eigenvalue weighted by Gasteiger charge is 2.21. The van der Waals surface area contributed by atoms with E-state index in [0.29, 0.717) is 12.1 Å². The van der Waals surface area contributed by atoms with Crippen molar-refractivity contribution in [2.24, 2.45) is 5.73 Å². The molecule has 0 aliphatic carbocycles. The molecule has 1 fully saturated rings. The lowest BCUT2D eigenvalue weighted by molar-refractivity contribution is 0.0636. The van der Waals surface area contributed by atoms with Crippen molar-refractivity contribution in [2.75, 3.05) is 39.3 Å². The Hall–Kier alpha value is -1.59. The van der Waals surface area contributed by atoms with Crippen LogP contribution in [0.3, 0.4) is 0 Å². The van der Waals surface area contributed by atoms with E-state index in [9.17, 15) is 9.90 Å².